The van der Waals surface area contributed by atoms with Crippen LogP contribution in [-0.4, -0.2) is 40.7 Å². The lowest BCUT2D eigenvalue weighted by molar-refractivity contribution is -0.123. The quantitative estimate of drug-likeness (QED) is 0.588. The number of nitrogens with one attached hydrogen (secondary N) is 1. The van der Waals surface area contributed by atoms with E-state index in [1.165, 1.54) is 0 Å². The summed E-state index contributed by atoms with van der Waals surface area (Å²) in [5.74, 6) is 1.39. The SMILES string of the molecule is CC(CO)CSCC(C)(NC(C)C)C(N)=O. The maximum Gasteiger partial charge on any atom is 0.238 e. The normalized spacial score (nSPS) is 17.1. The third-order valence-electron chi connectivity index (χ3n) is 2.26. The summed E-state index contributed by atoms with van der Waals surface area (Å²) in [6.07, 6.45) is 0. The number of nitrogens with two attached hydrogens (primary N) is 1. The highest BCUT2D eigenvalue weighted by Crippen LogP contribution is 2.16. The van der Waals surface area contributed by atoms with Gasteiger partial charge in [-0.3, -0.25) is 4.79 Å². The molecule has 16 heavy (non-hydrogen) atoms. The second kappa shape index (κ2) is 7.14. The van der Waals surface area contributed by atoms with Gasteiger partial charge in [-0.25, -0.2) is 0 Å². The monoisotopic (exact) mass is 248 g/mol. The van der Waals surface area contributed by atoms with E-state index in [9.17, 15) is 4.79 Å². The van der Waals surface area contributed by atoms with Crippen LogP contribution in [0.15, 0.2) is 0 Å². The standard InChI is InChI=1S/C11H24N2O2S/c1-8(2)13-11(4,10(12)15)7-16-6-9(3)5-14/h8-9,13-14H,5-7H2,1-4H3,(H2,12,15). The summed E-state index contributed by atoms with van der Waals surface area (Å²) in [6, 6.07) is 0.216. The van der Waals surface area contributed by atoms with Crippen molar-refractivity contribution < 1.29 is 9.90 Å². The van der Waals surface area contributed by atoms with Crippen molar-refractivity contribution >= 4 is 17.7 Å². The molecule has 0 saturated heterocycles. The van der Waals surface area contributed by atoms with Gasteiger partial charge in [-0.05, 0) is 32.4 Å². The van der Waals surface area contributed by atoms with Gasteiger partial charge in [0.05, 0.1) is 0 Å². The summed E-state index contributed by atoms with van der Waals surface area (Å²) in [7, 11) is 0. The van der Waals surface area contributed by atoms with Gasteiger partial charge < -0.3 is 16.2 Å². The number of aliphatic hydroxyl groups is 1. The average Bonchev–Trinajstić information content (AvgIpc) is 2.16. The van der Waals surface area contributed by atoms with Crippen LogP contribution >= 0.6 is 11.8 Å². The fourth-order valence-electron chi connectivity index (χ4n) is 1.34. The summed E-state index contributed by atoms with van der Waals surface area (Å²) < 4.78 is 0. The van der Waals surface area contributed by atoms with Gasteiger partial charge in [-0.2, -0.15) is 11.8 Å². The summed E-state index contributed by atoms with van der Waals surface area (Å²) >= 11 is 1.64. The van der Waals surface area contributed by atoms with E-state index in [0.29, 0.717) is 5.75 Å². The fraction of sp³-hybridized carbons (Fsp3) is 0.909. The third kappa shape index (κ3) is 5.72. The average molecular weight is 248 g/mol. The van der Waals surface area contributed by atoms with Crippen LogP contribution in [0.4, 0.5) is 0 Å². The highest BCUT2D eigenvalue weighted by molar-refractivity contribution is 7.99. The number of thioether (sulfide) groups is 1. The van der Waals surface area contributed by atoms with Crippen LogP contribution in [0.25, 0.3) is 0 Å². The molecule has 0 aliphatic carbocycles. The summed E-state index contributed by atoms with van der Waals surface area (Å²) in [5.41, 5.74) is 4.73. The minimum atomic E-state index is -0.673. The molecule has 0 aromatic carbocycles. The predicted molar refractivity (Wildman–Crippen MR) is 69.4 cm³/mol. The Hall–Kier alpha value is -0.260. The molecule has 4 nitrogen and oxygen atoms in total. The summed E-state index contributed by atoms with van der Waals surface area (Å²) in [5, 5.41) is 12.1. The number of hydrogen-bond acceptors (Lipinski definition) is 4. The van der Waals surface area contributed by atoms with Gasteiger partial charge in [0.25, 0.3) is 0 Å². The lowest BCUT2D eigenvalue weighted by atomic mass is 10.0. The predicted octanol–water partition coefficient (Wildman–Crippen LogP) is 0.590. The minimum Gasteiger partial charge on any atom is -0.396 e. The number of amides is 1. The van der Waals surface area contributed by atoms with E-state index >= 15 is 0 Å². The van der Waals surface area contributed by atoms with Crippen molar-refractivity contribution in [3.8, 4) is 0 Å². The van der Waals surface area contributed by atoms with Gasteiger partial charge in [0.15, 0.2) is 0 Å². The minimum absolute atomic E-state index is 0.178. The van der Waals surface area contributed by atoms with Crippen LogP contribution in [0, 0.1) is 5.92 Å². The zero-order chi connectivity index (χ0) is 12.8. The van der Waals surface area contributed by atoms with Crippen molar-refractivity contribution in [2.75, 3.05) is 18.1 Å². The molecule has 0 bridgehead atoms. The molecule has 0 rings (SSSR count). The molecule has 0 aromatic heterocycles. The molecule has 0 fully saturated rings. The molecule has 0 radical (unpaired) electrons. The molecule has 0 heterocycles. The van der Waals surface area contributed by atoms with Crippen LogP contribution < -0.4 is 11.1 Å². The molecule has 0 aliphatic heterocycles. The molecule has 4 N–H and O–H groups in total. The first-order valence-corrected chi connectivity index (χ1v) is 6.73. The van der Waals surface area contributed by atoms with Crippen LogP contribution in [0.2, 0.25) is 0 Å². The van der Waals surface area contributed by atoms with E-state index in [-0.39, 0.29) is 24.5 Å². The number of aliphatic hydroxyl groups excluding tert-OH is 1. The molecular formula is C11H24N2O2S. The lowest BCUT2D eigenvalue weighted by Crippen LogP contribution is -2.57. The van der Waals surface area contributed by atoms with E-state index < -0.39 is 5.54 Å². The van der Waals surface area contributed by atoms with Gasteiger partial charge >= 0.3 is 0 Å². The first-order chi connectivity index (χ1) is 7.31. The van der Waals surface area contributed by atoms with Crippen molar-refractivity contribution in [3.63, 3.8) is 0 Å². The molecule has 96 valence electrons. The van der Waals surface area contributed by atoms with Crippen LogP contribution in [0.3, 0.4) is 0 Å². The Morgan fingerprint density at radius 3 is 2.44 bits per heavy atom. The van der Waals surface area contributed by atoms with Crippen LogP contribution in [0.1, 0.15) is 27.7 Å². The number of hydrogen-bond donors (Lipinski definition) is 3. The summed E-state index contributed by atoms with van der Waals surface area (Å²) in [4.78, 5) is 11.4. The molecule has 0 saturated carbocycles. The third-order valence-corrected chi connectivity index (χ3v) is 3.84. The maximum absolute atomic E-state index is 11.4. The first kappa shape index (κ1) is 15.7. The number of carbonyl (C=O) groups is 1. The van der Waals surface area contributed by atoms with Crippen molar-refractivity contribution in [2.45, 2.75) is 39.3 Å². The Bertz CT molecular complexity index is 224. The summed E-state index contributed by atoms with van der Waals surface area (Å²) in [6.45, 7) is 7.96. The topological polar surface area (TPSA) is 75.3 Å². The first-order valence-electron chi connectivity index (χ1n) is 5.58. The van der Waals surface area contributed by atoms with E-state index in [1.807, 2.05) is 27.7 Å². The van der Waals surface area contributed by atoms with Crippen molar-refractivity contribution in [1.29, 1.82) is 0 Å². The van der Waals surface area contributed by atoms with Crippen molar-refractivity contribution in [1.82, 2.24) is 5.32 Å². The van der Waals surface area contributed by atoms with Crippen LogP contribution in [-0.2, 0) is 4.79 Å². The van der Waals surface area contributed by atoms with Crippen molar-refractivity contribution in [2.24, 2.45) is 11.7 Å². The molecule has 2 atom stereocenters. The molecule has 0 spiro atoms. The van der Waals surface area contributed by atoms with E-state index in [4.69, 9.17) is 10.8 Å². The van der Waals surface area contributed by atoms with E-state index in [1.54, 1.807) is 11.8 Å². The Labute approximate surface area is 102 Å². The van der Waals surface area contributed by atoms with Gasteiger partial charge in [-0.1, -0.05) is 6.92 Å². The molecular weight excluding hydrogens is 224 g/mol. The largest absolute Gasteiger partial charge is 0.396 e. The number of rotatable bonds is 8. The molecule has 5 heteroatoms. The molecule has 0 aliphatic rings. The van der Waals surface area contributed by atoms with Gasteiger partial charge in [-0.15, -0.1) is 0 Å². The highest BCUT2D eigenvalue weighted by atomic mass is 32.2. The molecule has 1 amide bonds. The van der Waals surface area contributed by atoms with Crippen LogP contribution in [0.5, 0.6) is 0 Å². The lowest BCUT2D eigenvalue weighted by Gasteiger charge is -2.29. The van der Waals surface area contributed by atoms with Gasteiger partial charge in [0, 0.05) is 18.4 Å². The Morgan fingerprint density at radius 2 is 2.06 bits per heavy atom. The number of primary amides is 1. The van der Waals surface area contributed by atoms with Gasteiger partial charge in [0.2, 0.25) is 5.91 Å². The zero-order valence-electron chi connectivity index (χ0n) is 10.6. The Kier molecular flexibility index (Phi) is 7.03. The fourth-order valence-corrected chi connectivity index (χ4v) is 2.60. The second-order valence-corrected chi connectivity index (χ2v) is 5.83. The zero-order valence-corrected chi connectivity index (χ0v) is 11.4. The Balaban J connectivity index is 4.18. The maximum atomic E-state index is 11.4. The second-order valence-electron chi connectivity index (χ2n) is 4.80. The number of carbonyl (C=O) groups excluding carboxylic acids is 1. The van der Waals surface area contributed by atoms with Gasteiger partial charge in [0.1, 0.15) is 5.54 Å². The molecule has 0 aromatic rings. The highest BCUT2D eigenvalue weighted by Gasteiger charge is 2.31. The molecule has 2 unspecified atom stereocenters. The van der Waals surface area contributed by atoms with E-state index in [0.717, 1.165) is 5.75 Å². The smallest absolute Gasteiger partial charge is 0.238 e. The Morgan fingerprint density at radius 1 is 1.50 bits per heavy atom. The van der Waals surface area contributed by atoms with Crippen molar-refractivity contribution in [3.05, 3.63) is 0 Å². The van der Waals surface area contributed by atoms with E-state index in [2.05, 4.69) is 5.32 Å².